The van der Waals surface area contributed by atoms with Crippen LogP contribution in [0.25, 0.3) is 0 Å². The van der Waals surface area contributed by atoms with E-state index >= 15 is 0 Å². The quantitative estimate of drug-likeness (QED) is 0.622. The molecule has 1 saturated carbocycles. The van der Waals surface area contributed by atoms with Crippen LogP contribution in [0.4, 0.5) is 0 Å². The molecule has 2 aromatic carbocycles. The van der Waals surface area contributed by atoms with Gasteiger partial charge in [0, 0.05) is 26.1 Å². The normalized spacial score (nSPS) is 29.2. The highest BCUT2D eigenvalue weighted by Crippen LogP contribution is 2.68. The van der Waals surface area contributed by atoms with Crippen molar-refractivity contribution in [2.24, 2.45) is 5.92 Å². The topological polar surface area (TPSA) is 92.1 Å². The predicted octanol–water partition coefficient (Wildman–Crippen LogP) is 2.74. The van der Waals surface area contributed by atoms with E-state index in [9.17, 15) is 15.0 Å². The minimum Gasteiger partial charge on any atom is -0.481 e. The van der Waals surface area contributed by atoms with E-state index in [-0.39, 0.29) is 11.8 Å². The molecule has 5 atom stereocenters. The summed E-state index contributed by atoms with van der Waals surface area (Å²) in [4.78, 5) is 19.4. The van der Waals surface area contributed by atoms with Crippen molar-refractivity contribution in [1.29, 1.82) is 0 Å². The first kappa shape index (κ1) is 22.4. The summed E-state index contributed by atoms with van der Waals surface area (Å²) in [5, 5.41) is 24.3. The second-order valence-corrected chi connectivity index (χ2v) is 9.27. The van der Waals surface area contributed by atoms with Crippen molar-refractivity contribution < 1.29 is 24.5 Å². The van der Waals surface area contributed by atoms with Gasteiger partial charge in [0.1, 0.15) is 6.10 Å². The number of pyridine rings is 1. The standard InChI is InChI=1S/C27H28N2O5/c1-16-10-12-18(13-11-16)27-22(17-8-6-5-7-9-17)21(25(31)29(2)3)23(30)26(27,32)19-14-15-20(33-4)28-24(19)34-27/h5-15,21-23,30,32H,1-4H3/t21-,22-,23-,26+,27+/m1/s1. The van der Waals surface area contributed by atoms with E-state index in [0.29, 0.717) is 17.0 Å². The number of carbonyl (C=O) groups excluding carboxylic acids is 1. The number of methoxy groups -OCH3 is 1. The fourth-order valence-corrected chi connectivity index (χ4v) is 5.65. The highest BCUT2D eigenvalue weighted by atomic mass is 16.5. The van der Waals surface area contributed by atoms with Gasteiger partial charge in [-0.25, -0.2) is 0 Å². The number of nitrogens with zero attached hydrogens (tertiary/aromatic N) is 2. The van der Waals surface area contributed by atoms with Gasteiger partial charge in [-0.05, 0) is 24.1 Å². The molecule has 3 aromatic rings. The Labute approximate surface area is 198 Å². The van der Waals surface area contributed by atoms with Crippen molar-refractivity contribution in [3.63, 3.8) is 0 Å². The van der Waals surface area contributed by atoms with Crippen LogP contribution in [0.3, 0.4) is 0 Å². The number of aliphatic hydroxyl groups excluding tert-OH is 1. The second-order valence-electron chi connectivity index (χ2n) is 9.27. The monoisotopic (exact) mass is 460 g/mol. The lowest BCUT2D eigenvalue weighted by Gasteiger charge is -2.40. The summed E-state index contributed by atoms with van der Waals surface area (Å²) in [6, 6.07) is 20.3. The molecular formula is C27H28N2O5. The van der Waals surface area contributed by atoms with Gasteiger partial charge in [0.25, 0.3) is 0 Å². The van der Waals surface area contributed by atoms with Gasteiger partial charge in [0.15, 0.2) is 11.2 Å². The van der Waals surface area contributed by atoms with Gasteiger partial charge < -0.3 is 24.6 Å². The zero-order valence-electron chi connectivity index (χ0n) is 19.6. The maximum Gasteiger partial charge on any atom is 0.228 e. The van der Waals surface area contributed by atoms with Crippen LogP contribution in [-0.2, 0) is 16.0 Å². The first-order chi connectivity index (χ1) is 16.3. The van der Waals surface area contributed by atoms with E-state index in [2.05, 4.69) is 4.98 Å². The third-order valence-corrected chi connectivity index (χ3v) is 7.21. The molecule has 7 nitrogen and oxygen atoms in total. The number of aromatic nitrogens is 1. The maximum absolute atomic E-state index is 13.5. The van der Waals surface area contributed by atoms with Crippen molar-refractivity contribution >= 4 is 5.91 Å². The fraction of sp³-hybridized carbons (Fsp3) is 0.333. The van der Waals surface area contributed by atoms with Gasteiger partial charge in [-0.2, -0.15) is 4.98 Å². The summed E-state index contributed by atoms with van der Waals surface area (Å²) >= 11 is 0. The molecule has 0 saturated heterocycles. The molecule has 2 N–H and O–H groups in total. The van der Waals surface area contributed by atoms with Crippen molar-refractivity contribution in [3.05, 3.63) is 89.0 Å². The van der Waals surface area contributed by atoms with Gasteiger partial charge in [0.05, 0.1) is 18.6 Å². The molecule has 1 aromatic heterocycles. The number of aryl methyl sites for hydroxylation is 1. The first-order valence-electron chi connectivity index (χ1n) is 11.2. The molecule has 1 aliphatic carbocycles. The number of amides is 1. The number of aliphatic hydroxyl groups is 2. The summed E-state index contributed by atoms with van der Waals surface area (Å²) in [7, 11) is 4.80. The van der Waals surface area contributed by atoms with E-state index in [4.69, 9.17) is 9.47 Å². The summed E-state index contributed by atoms with van der Waals surface area (Å²) < 4.78 is 11.9. The molecule has 2 aliphatic rings. The smallest absolute Gasteiger partial charge is 0.228 e. The van der Waals surface area contributed by atoms with Crippen LogP contribution in [0, 0.1) is 12.8 Å². The first-order valence-corrected chi connectivity index (χ1v) is 11.2. The van der Waals surface area contributed by atoms with Crippen molar-refractivity contribution in [2.45, 2.75) is 30.1 Å². The van der Waals surface area contributed by atoms with Crippen LogP contribution in [0.15, 0.2) is 66.7 Å². The Balaban J connectivity index is 1.86. The van der Waals surface area contributed by atoms with Crippen molar-refractivity contribution in [2.75, 3.05) is 21.2 Å². The highest BCUT2D eigenvalue weighted by molar-refractivity contribution is 5.82. The third kappa shape index (κ3) is 2.83. The number of hydrogen-bond acceptors (Lipinski definition) is 6. The van der Waals surface area contributed by atoms with Crippen LogP contribution in [0.5, 0.6) is 11.8 Å². The molecule has 1 fully saturated rings. The third-order valence-electron chi connectivity index (χ3n) is 7.21. The number of fused-ring (bicyclic) bond motifs is 3. The Morgan fingerprint density at radius 1 is 1.06 bits per heavy atom. The number of hydrogen-bond donors (Lipinski definition) is 2. The van der Waals surface area contributed by atoms with E-state index in [1.807, 2.05) is 61.5 Å². The molecule has 0 bridgehead atoms. The van der Waals surface area contributed by atoms with E-state index < -0.39 is 29.1 Å². The SMILES string of the molecule is COc1ccc2c(n1)O[C@@]1(c3ccc(C)cc3)[C@H](c3ccccc3)[C@@H](C(=O)N(C)C)[C@@H](O)[C@@]21O. The molecule has 1 aliphatic heterocycles. The van der Waals surface area contributed by atoms with Gasteiger partial charge in [-0.1, -0.05) is 60.2 Å². The molecule has 0 radical (unpaired) electrons. The molecule has 7 heteroatoms. The highest BCUT2D eigenvalue weighted by Gasteiger charge is 2.77. The molecule has 34 heavy (non-hydrogen) atoms. The lowest BCUT2D eigenvalue weighted by atomic mass is 9.70. The minimum absolute atomic E-state index is 0.179. The van der Waals surface area contributed by atoms with Crippen LogP contribution >= 0.6 is 0 Å². The summed E-state index contributed by atoms with van der Waals surface area (Å²) in [6.45, 7) is 1.97. The number of benzene rings is 2. The number of carbonyl (C=O) groups is 1. The largest absolute Gasteiger partial charge is 0.481 e. The lowest BCUT2D eigenvalue weighted by Crippen LogP contribution is -2.52. The van der Waals surface area contributed by atoms with Crippen LogP contribution in [0.2, 0.25) is 0 Å². The fourth-order valence-electron chi connectivity index (χ4n) is 5.65. The van der Waals surface area contributed by atoms with Gasteiger partial charge in [-0.3, -0.25) is 4.79 Å². The summed E-state index contributed by atoms with van der Waals surface area (Å²) in [5.41, 5.74) is -0.642. The van der Waals surface area contributed by atoms with E-state index in [1.165, 1.54) is 12.0 Å². The van der Waals surface area contributed by atoms with Gasteiger partial charge in [0.2, 0.25) is 17.7 Å². The maximum atomic E-state index is 13.5. The second kappa shape index (κ2) is 7.82. The number of ether oxygens (including phenoxy) is 2. The van der Waals surface area contributed by atoms with Crippen molar-refractivity contribution in [3.8, 4) is 11.8 Å². The Bertz CT molecular complexity index is 1230. The Hall–Kier alpha value is -3.42. The molecule has 5 rings (SSSR count). The summed E-state index contributed by atoms with van der Waals surface area (Å²) in [5.74, 6) is -1.45. The predicted molar refractivity (Wildman–Crippen MR) is 126 cm³/mol. The van der Waals surface area contributed by atoms with Crippen LogP contribution < -0.4 is 9.47 Å². The molecular weight excluding hydrogens is 432 g/mol. The van der Waals surface area contributed by atoms with Gasteiger partial charge >= 0.3 is 0 Å². The Morgan fingerprint density at radius 2 is 1.74 bits per heavy atom. The zero-order chi connectivity index (χ0) is 24.3. The van der Waals surface area contributed by atoms with E-state index in [0.717, 1.165) is 11.1 Å². The molecule has 1 amide bonds. The van der Waals surface area contributed by atoms with Crippen molar-refractivity contribution in [1.82, 2.24) is 9.88 Å². The Morgan fingerprint density at radius 3 is 2.35 bits per heavy atom. The molecule has 0 unspecified atom stereocenters. The van der Waals surface area contributed by atoms with Crippen LogP contribution in [0.1, 0.15) is 28.2 Å². The molecule has 0 spiro atoms. The minimum atomic E-state index is -1.94. The summed E-state index contributed by atoms with van der Waals surface area (Å²) in [6.07, 6.45) is -1.45. The van der Waals surface area contributed by atoms with Crippen LogP contribution in [-0.4, -0.2) is 53.3 Å². The molecule has 176 valence electrons. The average molecular weight is 461 g/mol. The Kier molecular flexibility index (Phi) is 5.15. The average Bonchev–Trinajstić information content (AvgIpc) is 3.22. The van der Waals surface area contributed by atoms with E-state index in [1.54, 1.807) is 26.2 Å². The number of rotatable bonds is 4. The lowest BCUT2D eigenvalue weighted by molar-refractivity contribution is -0.156. The van der Waals surface area contributed by atoms with Gasteiger partial charge in [-0.15, -0.1) is 0 Å². The molecule has 2 heterocycles. The zero-order valence-corrected chi connectivity index (χ0v) is 19.6.